The highest BCUT2D eigenvalue weighted by Gasteiger charge is 2.35. The van der Waals surface area contributed by atoms with E-state index in [4.69, 9.17) is 0 Å². The maximum absolute atomic E-state index is 2.50. The molecule has 0 unspecified atom stereocenters. The number of hydrogen-bond acceptors (Lipinski definition) is 1. The summed E-state index contributed by atoms with van der Waals surface area (Å²) in [6.45, 7) is 4.74. The average Bonchev–Trinajstić information content (AvgIpc) is 3.43. The summed E-state index contributed by atoms with van der Waals surface area (Å²) >= 11 is 1.94. The van der Waals surface area contributed by atoms with Crippen molar-refractivity contribution in [3.8, 4) is 11.1 Å². The highest BCUT2D eigenvalue weighted by atomic mass is 32.1. The van der Waals surface area contributed by atoms with Crippen molar-refractivity contribution in [1.29, 1.82) is 0 Å². The third-order valence-electron chi connectivity index (χ3n) is 9.02. The Labute approximate surface area is 224 Å². The molecule has 0 saturated carbocycles. The Bertz CT molecular complexity index is 2290. The van der Waals surface area contributed by atoms with Crippen LogP contribution in [-0.2, 0) is 5.41 Å². The third kappa shape index (κ3) is 2.46. The second-order valence-corrected chi connectivity index (χ2v) is 12.4. The fraction of sp³-hybridized carbons (Fsp3) is 0.0811. The van der Waals surface area contributed by atoms with Crippen molar-refractivity contribution in [3.05, 3.63) is 120 Å². The molecule has 38 heavy (non-hydrogen) atoms. The van der Waals surface area contributed by atoms with E-state index in [9.17, 15) is 0 Å². The molecule has 0 saturated heterocycles. The van der Waals surface area contributed by atoms with Crippen LogP contribution in [0.3, 0.4) is 0 Å². The standard InChI is InChI=1S/C37H24S/c1-37(2)30-14-8-7-11-23(30)28-19-29-33(20-31(28)37)38-32-18-17-27-26-16-15-21-9-3-4-10-22(21)34(26)24-12-5-6-13-25(24)35(27)36(29)32/h3-20H,1-2H3. The molecular weight excluding hydrogens is 476 g/mol. The van der Waals surface area contributed by atoms with Crippen molar-refractivity contribution in [1.82, 2.24) is 0 Å². The third-order valence-corrected chi connectivity index (χ3v) is 10.1. The van der Waals surface area contributed by atoms with E-state index < -0.39 is 0 Å². The Hall–Kier alpha value is -4.20. The maximum Gasteiger partial charge on any atom is 0.0362 e. The molecule has 0 radical (unpaired) electrons. The quantitative estimate of drug-likeness (QED) is 0.182. The van der Waals surface area contributed by atoms with E-state index in [1.807, 2.05) is 11.3 Å². The zero-order chi connectivity index (χ0) is 25.2. The molecule has 1 aliphatic rings. The molecule has 1 heterocycles. The fourth-order valence-electron chi connectivity index (χ4n) is 7.27. The molecule has 8 aromatic rings. The minimum absolute atomic E-state index is 0.0162. The van der Waals surface area contributed by atoms with Gasteiger partial charge in [0.2, 0.25) is 0 Å². The van der Waals surface area contributed by atoms with Gasteiger partial charge in [0.1, 0.15) is 0 Å². The summed E-state index contributed by atoms with van der Waals surface area (Å²) in [6.07, 6.45) is 0. The lowest BCUT2D eigenvalue weighted by molar-refractivity contribution is 0.661. The molecule has 0 spiro atoms. The summed E-state index contributed by atoms with van der Waals surface area (Å²) in [6, 6.07) is 41.1. The van der Waals surface area contributed by atoms with Gasteiger partial charge in [-0.15, -0.1) is 11.3 Å². The van der Waals surface area contributed by atoms with Crippen LogP contribution in [0.4, 0.5) is 0 Å². The Balaban J connectivity index is 1.52. The lowest BCUT2D eigenvalue weighted by Gasteiger charge is -2.21. The van der Waals surface area contributed by atoms with Gasteiger partial charge in [-0.05, 0) is 83.5 Å². The number of hydrogen-bond donors (Lipinski definition) is 0. The van der Waals surface area contributed by atoms with Crippen LogP contribution in [0.1, 0.15) is 25.0 Å². The molecular formula is C37H24S. The summed E-state index contributed by atoms with van der Waals surface area (Å²) < 4.78 is 2.75. The van der Waals surface area contributed by atoms with Gasteiger partial charge < -0.3 is 0 Å². The molecule has 0 nitrogen and oxygen atoms in total. The molecule has 0 atom stereocenters. The molecule has 7 aromatic carbocycles. The summed E-state index contributed by atoms with van der Waals surface area (Å²) in [5, 5.41) is 13.5. The Morgan fingerprint density at radius 3 is 1.97 bits per heavy atom. The molecule has 0 bridgehead atoms. The van der Waals surface area contributed by atoms with E-state index in [1.54, 1.807) is 0 Å². The van der Waals surface area contributed by atoms with E-state index in [0.717, 1.165) is 0 Å². The predicted octanol–water partition coefficient (Wildman–Crippen LogP) is 11.0. The SMILES string of the molecule is CC1(C)c2ccccc2-c2cc3c(cc21)sc1ccc2c4ccc5ccccc5c4c4ccccc4c2c13. The zero-order valence-corrected chi connectivity index (χ0v) is 22.1. The van der Waals surface area contributed by atoms with Crippen molar-refractivity contribution in [2.45, 2.75) is 19.3 Å². The Morgan fingerprint density at radius 2 is 1.11 bits per heavy atom. The van der Waals surface area contributed by atoms with Crippen LogP contribution in [-0.4, -0.2) is 0 Å². The van der Waals surface area contributed by atoms with Crippen molar-refractivity contribution >= 4 is 74.6 Å². The van der Waals surface area contributed by atoms with Crippen molar-refractivity contribution < 1.29 is 0 Å². The van der Waals surface area contributed by atoms with E-state index in [-0.39, 0.29) is 5.41 Å². The van der Waals surface area contributed by atoms with E-state index in [0.29, 0.717) is 0 Å². The molecule has 0 fully saturated rings. The minimum Gasteiger partial charge on any atom is -0.135 e. The van der Waals surface area contributed by atoms with Crippen LogP contribution in [0, 0.1) is 0 Å². The van der Waals surface area contributed by atoms with Gasteiger partial charge in [0.15, 0.2) is 0 Å². The van der Waals surface area contributed by atoms with Crippen LogP contribution in [0.25, 0.3) is 74.4 Å². The topological polar surface area (TPSA) is 0 Å². The molecule has 0 N–H and O–H groups in total. The molecule has 0 aliphatic heterocycles. The second-order valence-electron chi connectivity index (χ2n) is 11.3. The lowest BCUT2D eigenvalue weighted by Crippen LogP contribution is -2.14. The van der Waals surface area contributed by atoms with Gasteiger partial charge in [-0.2, -0.15) is 0 Å². The molecule has 1 heteroatoms. The Morgan fingerprint density at radius 1 is 0.447 bits per heavy atom. The molecule has 1 aliphatic carbocycles. The van der Waals surface area contributed by atoms with E-state index in [2.05, 4.69) is 123 Å². The first-order valence-electron chi connectivity index (χ1n) is 13.4. The highest BCUT2D eigenvalue weighted by molar-refractivity contribution is 7.26. The summed E-state index contributed by atoms with van der Waals surface area (Å²) in [5.41, 5.74) is 5.68. The van der Waals surface area contributed by atoms with Crippen LogP contribution in [0.15, 0.2) is 109 Å². The smallest absolute Gasteiger partial charge is 0.0362 e. The lowest BCUT2D eigenvalue weighted by atomic mass is 9.82. The first kappa shape index (κ1) is 20.8. The Kier molecular flexibility index (Phi) is 3.84. The molecule has 9 rings (SSSR count). The van der Waals surface area contributed by atoms with Gasteiger partial charge in [-0.1, -0.05) is 105 Å². The number of thiophene rings is 1. The predicted molar refractivity (Wildman–Crippen MR) is 167 cm³/mol. The monoisotopic (exact) mass is 500 g/mol. The van der Waals surface area contributed by atoms with E-state index >= 15 is 0 Å². The second kappa shape index (κ2) is 7.01. The van der Waals surface area contributed by atoms with Gasteiger partial charge in [0.25, 0.3) is 0 Å². The van der Waals surface area contributed by atoms with Crippen molar-refractivity contribution in [2.24, 2.45) is 0 Å². The summed E-state index contributed by atoms with van der Waals surface area (Å²) in [5.74, 6) is 0. The fourth-order valence-corrected chi connectivity index (χ4v) is 8.41. The molecule has 1 aromatic heterocycles. The number of fused-ring (bicyclic) bond motifs is 15. The highest BCUT2D eigenvalue weighted by Crippen LogP contribution is 2.53. The maximum atomic E-state index is 2.50. The summed E-state index contributed by atoms with van der Waals surface area (Å²) in [4.78, 5) is 0. The van der Waals surface area contributed by atoms with Gasteiger partial charge >= 0.3 is 0 Å². The largest absolute Gasteiger partial charge is 0.135 e. The first-order valence-corrected chi connectivity index (χ1v) is 14.2. The van der Waals surface area contributed by atoms with Gasteiger partial charge in [-0.25, -0.2) is 0 Å². The van der Waals surface area contributed by atoms with Crippen molar-refractivity contribution in [2.75, 3.05) is 0 Å². The van der Waals surface area contributed by atoms with Gasteiger partial charge in [-0.3, -0.25) is 0 Å². The average molecular weight is 501 g/mol. The van der Waals surface area contributed by atoms with E-state index in [1.165, 1.54) is 85.5 Å². The van der Waals surface area contributed by atoms with Crippen LogP contribution in [0.2, 0.25) is 0 Å². The number of benzene rings is 7. The minimum atomic E-state index is 0.0162. The van der Waals surface area contributed by atoms with Crippen LogP contribution >= 0.6 is 11.3 Å². The molecule has 178 valence electrons. The van der Waals surface area contributed by atoms with Crippen LogP contribution < -0.4 is 0 Å². The first-order chi connectivity index (χ1) is 18.6. The van der Waals surface area contributed by atoms with Gasteiger partial charge in [0, 0.05) is 25.6 Å². The van der Waals surface area contributed by atoms with Crippen molar-refractivity contribution in [3.63, 3.8) is 0 Å². The van der Waals surface area contributed by atoms with Gasteiger partial charge in [0.05, 0.1) is 0 Å². The number of rotatable bonds is 0. The van der Waals surface area contributed by atoms with Crippen LogP contribution in [0.5, 0.6) is 0 Å². The summed E-state index contributed by atoms with van der Waals surface area (Å²) in [7, 11) is 0. The normalized spacial score (nSPS) is 14.3. The molecule has 0 amide bonds. The zero-order valence-electron chi connectivity index (χ0n) is 21.3.